The van der Waals surface area contributed by atoms with Gasteiger partial charge in [0.25, 0.3) is 0 Å². The molecule has 3 heteroatoms. The maximum Gasteiger partial charge on any atom is 0.147 e. The molecule has 2 nitrogen and oxygen atoms in total. The van der Waals surface area contributed by atoms with Crippen LogP contribution in [0.3, 0.4) is 0 Å². The maximum absolute atomic E-state index is 11.7. The molecule has 0 aliphatic heterocycles. The van der Waals surface area contributed by atoms with Crippen molar-refractivity contribution in [3.8, 4) is 5.75 Å². The molecule has 0 unspecified atom stereocenters. The highest BCUT2D eigenvalue weighted by Gasteiger charge is 2.13. The Balaban J connectivity index is 2.46. The Bertz CT molecular complexity index is 366. The van der Waals surface area contributed by atoms with Crippen molar-refractivity contribution in [2.75, 3.05) is 5.75 Å². The van der Waals surface area contributed by atoms with E-state index < -0.39 is 0 Å². The van der Waals surface area contributed by atoms with Gasteiger partial charge < -0.3 is 5.11 Å². The van der Waals surface area contributed by atoms with E-state index in [0.717, 1.165) is 5.56 Å². The van der Waals surface area contributed by atoms with Gasteiger partial charge in [0.2, 0.25) is 0 Å². The highest BCUT2D eigenvalue weighted by atomic mass is 32.2. The van der Waals surface area contributed by atoms with E-state index in [2.05, 4.69) is 20.8 Å². The van der Waals surface area contributed by atoms with E-state index in [1.165, 1.54) is 0 Å². The molecule has 0 aliphatic carbocycles. The summed E-state index contributed by atoms with van der Waals surface area (Å²) in [6.45, 7) is 6.29. The number of phenols is 1. The molecular weight excluding hydrogens is 220 g/mol. The zero-order valence-electron chi connectivity index (χ0n) is 9.99. The van der Waals surface area contributed by atoms with Crippen molar-refractivity contribution in [3.05, 3.63) is 29.8 Å². The highest BCUT2D eigenvalue weighted by molar-refractivity contribution is 8.01. The maximum atomic E-state index is 11.7. The molecule has 0 fully saturated rings. The van der Waals surface area contributed by atoms with Crippen molar-refractivity contribution in [1.29, 1.82) is 0 Å². The van der Waals surface area contributed by atoms with Gasteiger partial charge in [-0.3, -0.25) is 4.79 Å². The fourth-order valence-electron chi connectivity index (χ4n) is 1.24. The molecule has 1 rings (SSSR count). The number of hydrogen-bond donors (Lipinski definition) is 1. The number of rotatable bonds is 4. The number of phenolic OH excluding ortho intramolecular Hbond substituents is 1. The van der Waals surface area contributed by atoms with Crippen LogP contribution in [0.1, 0.15) is 26.3 Å². The SMILES string of the molecule is CC(C)(C)SCC(=O)Cc1cccc(O)c1. The smallest absolute Gasteiger partial charge is 0.147 e. The Morgan fingerprint density at radius 2 is 2.06 bits per heavy atom. The predicted octanol–water partition coefficient (Wildman–Crippen LogP) is 3.04. The van der Waals surface area contributed by atoms with Crippen LogP contribution in [0.15, 0.2) is 24.3 Å². The second kappa shape index (κ2) is 5.39. The Morgan fingerprint density at radius 1 is 1.38 bits per heavy atom. The fraction of sp³-hybridized carbons (Fsp3) is 0.462. The van der Waals surface area contributed by atoms with Gasteiger partial charge in [-0.1, -0.05) is 32.9 Å². The molecule has 0 aliphatic rings. The van der Waals surface area contributed by atoms with Gasteiger partial charge in [0.15, 0.2) is 0 Å². The Labute approximate surface area is 101 Å². The molecule has 0 saturated heterocycles. The molecule has 0 amide bonds. The van der Waals surface area contributed by atoms with E-state index in [1.54, 1.807) is 30.0 Å². The first-order chi connectivity index (χ1) is 7.37. The molecular formula is C13H18O2S. The van der Waals surface area contributed by atoms with E-state index in [4.69, 9.17) is 0 Å². The lowest BCUT2D eigenvalue weighted by Gasteiger charge is -2.16. The summed E-state index contributed by atoms with van der Waals surface area (Å²) in [4.78, 5) is 11.7. The van der Waals surface area contributed by atoms with Crippen molar-refractivity contribution >= 4 is 17.5 Å². The van der Waals surface area contributed by atoms with Gasteiger partial charge in [0.05, 0.1) is 5.75 Å². The Morgan fingerprint density at radius 3 is 2.62 bits per heavy atom. The summed E-state index contributed by atoms with van der Waals surface area (Å²) in [5.41, 5.74) is 0.875. The van der Waals surface area contributed by atoms with Crippen LogP contribution in [-0.4, -0.2) is 21.4 Å². The first-order valence-electron chi connectivity index (χ1n) is 5.30. The molecule has 0 heterocycles. The van der Waals surface area contributed by atoms with Crippen molar-refractivity contribution in [1.82, 2.24) is 0 Å². The molecule has 0 spiro atoms. The second-order valence-electron chi connectivity index (χ2n) is 4.79. The monoisotopic (exact) mass is 238 g/mol. The third-order valence-corrected chi connectivity index (χ3v) is 3.31. The number of Topliss-reactive ketones (excluding diaryl/α,β-unsaturated/α-hetero) is 1. The average molecular weight is 238 g/mol. The van der Waals surface area contributed by atoms with Gasteiger partial charge >= 0.3 is 0 Å². The van der Waals surface area contributed by atoms with Crippen LogP contribution in [0.4, 0.5) is 0 Å². The minimum Gasteiger partial charge on any atom is -0.508 e. The summed E-state index contributed by atoms with van der Waals surface area (Å²) >= 11 is 1.65. The number of ketones is 1. The van der Waals surface area contributed by atoms with Crippen LogP contribution >= 0.6 is 11.8 Å². The Kier molecular flexibility index (Phi) is 4.42. The van der Waals surface area contributed by atoms with Crippen LogP contribution in [0, 0.1) is 0 Å². The number of benzene rings is 1. The van der Waals surface area contributed by atoms with Crippen molar-refractivity contribution in [3.63, 3.8) is 0 Å². The van der Waals surface area contributed by atoms with E-state index in [1.807, 2.05) is 6.07 Å². The van der Waals surface area contributed by atoms with Crippen LogP contribution in [-0.2, 0) is 11.2 Å². The van der Waals surface area contributed by atoms with Gasteiger partial charge in [-0.2, -0.15) is 0 Å². The number of hydrogen-bond acceptors (Lipinski definition) is 3. The van der Waals surface area contributed by atoms with Gasteiger partial charge in [-0.25, -0.2) is 0 Å². The van der Waals surface area contributed by atoms with E-state index in [-0.39, 0.29) is 16.3 Å². The number of carbonyl (C=O) groups is 1. The molecule has 0 bridgehead atoms. The molecule has 0 saturated carbocycles. The van der Waals surface area contributed by atoms with Crippen molar-refractivity contribution in [2.24, 2.45) is 0 Å². The largest absolute Gasteiger partial charge is 0.508 e. The van der Waals surface area contributed by atoms with E-state index in [9.17, 15) is 9.90 Å². The van der Waals surface area contributed by atoms with Crippen LogP contribution in [0.5, 0.6) is 5.75 Å². The zero-order valence-corrected chi connectivity index (χ0v) is 10.8. The minimum atomic E-state index is 0.120. The zero-order chi connectivity index (χ0) is 12.2. The fourth-order valence-corrected chi connectivity index (χ4v) is 1.94. The average Bonchev–Trinajstić information content (AvgIpc) is 2.14. The first kappa shape index (κ1) is 13.1. The minimum absolute atomic E-state index is 0.120. The summed E-state index contributed by atoms with van der Waals surface area (Å²) < 4.78 is 0.120. The summed E-state index contributed by atoms with van der Waals surface area (Å²) in [5.74, 6) is 0.943. The van der Waals surface area contributed by atoms with Gasteiger partial charge in [-0.05, 0) is 17.7 Å². The van der Waals surface area contributed by atoms with Crippen LogP contribution in [0.25, 0.3) is 0 Å². The molecule has 1 N–H and O–H groups in total. The molecule has 0 aromatic heterocycles. The lowest BCUT2D eigenvalue weighted by Crippen LogP contribution is -2.14. The Hall–Kier alpha value is -0.960. The topological polar surface area (TPSA) is 37.3 Å². The van der Waals surface area contributed by atoms with Crippen molar-refractivity contribution < 1.29 is 9.90 Å². The molecule has 0 atom stereocenters. The summed E-state index contributed by atoms with van der Waals surface area (Å²) in [6.07, 6.45) is 0.400. The summed E-state index contributed by atoms with van der Waals surface area (Å²) in [5, 5.41) is 9.27. The third-order valence-electron chi connectivity index (χ3n) is 1.98. The quantitative estimate of drug-likeness (QED) is 0.876. The lowest BCUT2D eigenvalue weighted by molar-refractivity contribution is -0.116. The molecule has 0 radical (unpaired) electrons. The molecule has 1 aromatic rings. The third kappa shape index (κ3) is 5.21. The normalized spacial score (nSPS) is 11.4. The van der Waals surface area contributed by atoms with E-state index in [0.29, 0.717) is 12.2 Å². The molecule has 88 valence electrons. The van der Waals surface area contributed by atoms with Crippen LogP contribution in [0.2, 0.25) is 0 Å². The summed E-state index contributed by atoms with van der Waals surface area (Å²) in [6, 6.07) is 6.87. The van der Waals surface area contributed by atoms with Crippen molar-refractivity contribution in [2.45, 2.75) is 31.9 Å². The van der Waals surface area contributed by atoms with Gasteiger partial charge in [0.1, 0.15) is 11.5 Å². The van der Waals surface area contributed by atoms with Gasteiger partial charge in [-0.15, -0.1) is 11.8 Å². The van der Waals surface area contributed by atoms with Crippen LogP contribution < -0.4 is 0 Å². The number of thioether (sulfide) groups is 1. The lowest BCUT2D eigenvalue weighted by atomic mass is 10.1. The van der Waals surface area contributed by atoms with E-state index >= 15 is 0 Å². The highest BCUT2D eigenvalue weighted by Crippen LogP contribution is 2.23. The first-order valence-corrected chi connectivity index (χ1v) is 6.29. The standard InChI is InChI=1S/C13H18O2S/c1-13(2,3)16-9-12(15)8-10-5-4-6-11(14)7-10/h4-7,14H,8-9H2,1-3H3. The molecule has 16 heavy (non-hydrogen) atoms. The second-order valence-corrected chi connectivity index (χ2v) is 6.59. The number of carbonyl (C=O) groups excluding carboxylic acids is 1. The predicted molar refractivity (Wildman–Crippen MR) is 69.0 cm³/mol. The molecule has 1 aromatic carbocycles. The van der Waals surface area contributed by atoms with Gasteiger partial charge in [0, 0.05) is 11.2 Å². The number of aromatic hydroxyl groups is 1. The summed E-state index contributed by atoms with van der Waals surface area (Å²) in [7, 11) is 0.